The first kappa shape index (κ1) is 18.6. The SMILES string of the molecule is CC(C)(C)OC(=O)N[C@H](CSCCCC(=O)O)C(=O)O. The van der Waals surface area contributed by atoms with Gasteiger partial charge in [-0.3, -0.25) is 4.79 Å². The Bertz CT molecular complexity index is 352. The molecule has 0 unspecified atom stereocenters. The second-order valence-electron chi connectivity index (χ2n) is 5.11. The second kappa shape index (κ2) is 8.68. The Labute approximate surface area is 122 Å². The molecule has 1 atom stereocenters. The van der Waals surface area contributed by atoms with Gasteiger partial charge in [0.15, 0.2) is 0 Å². The van der Waals surface area contributed by atoms with E-state index >= 15 is 0 Å². The molecule has 0 fully saturated rings. The molecule has 116 valence electrons. The summed E-state index contributed by atoms with van der Waals surface area (Å²) in [6, 6.07) is -1.06. The molecule has 0 aliphatic carbocycles. The Morgan fingerprint density at radius 3 is 2.30 bits per heavy atom. The normalized spacial score (nSPS) is 12.6. The van der Waals surface area contributed by atoms with Gasteiger partial charge in [-0.2, -0.15) is 11.8 Å². The van der Waals surface area contributed by atoms with Crippen molar-refractivity contribution in [1.29, 1.82) is 0 Å². The van der Waals surface area contributed by atoms with E-state index in [0.717, 1.165) is 0 Å². The predicted octanol–water partition coefficient (Wildman–Crippen LogP) is 1.56. The Balaban J connectivity index is 4.08. The van der Waals surface area contributed by atoms with Crippen LogP contribution in [0, 0.1) is 0 Å². The van der Waals surface area contributed by atoms with Crippen LogP contribution >= 0.6 is 11.8 Å². The van der Waals surface area contributed by atoms with Crippen LogP contribution < -0.4 is 5.32 Å². The van der Waals surface area contributed by atoms with Gasteiger partial charge in [0.25, 0.3) is 0 Å². The summed E-state index contributed by atoms with van der Waals surface area (Å²) < 4.78 is 4.98. The molecule has 0 radical (unpaired) electrons. The van der Waals surface area contributed by atoms with Crippen molar-refractivity contribution in [2.75, 3.05) is 11.5 Å². The molecule has 0 aliphatic rings. The molecule has 20 heavy (non-hydrogen) atoms. The number of ether oxygens (including phenoxy) is 1. The molecule has 7 nitrogen and oxygen atoms in total. The largest absolute Gasteiger partial charge is 0.481 e. The number of nitrogens with one attached hydrogen (secondary N) is 1. The average molecular weight is 307 g/mol. The number of carbonyl (C=O) groups excluding carboxylic acids is 1. The zero-order chi connectivity index (χ0) is 15.8. The van der Waals surface area contributed by atoms with Crippen LogP contribution in [0.5, 0.6) is 0 Å². The van der Waals surface area contributed by atoms with Gasteiger partial charge in [0.1, 0.15) is 11.6 Å². The number of carboxylic acid groups (broad SMARTS) is 2. The van der Waals surface area contributed by atoms with Crippen LogP contribution in [0.15, 0.2) is 0 Å². The van der Waals surface area contributed by atoms with E-state index in [4.69, 9.17) is 14.9 Å². The van der Waals surface area contributed by atoms with Crippen molar-refractivity contribution in [2.24, 2.45) is 0 Å². The van der Waals surface area contributed by atoms with Gasteiger partial charge in [0, 0.05) is 12.2 Å². The average Bonchev–Trinajstić information content (AvgIpc) is 2.23. The van der Waals surface area contributed by atoms with Crippen molar-refractivity contribution in [2.45, 2.75) is 45.3 Å². The monoisotopic (exact) mass is 307 g/mol. The Kier molecular flexibility index (Phi) is 8.05. The summed E-state index contributed by atoms with van der Waals surface area (Å²) >= 11 is 1.28. The molecule has 0 aromatic carbocycles. The smallest absolute Gasteiger partial charge is 0.408 e. The van der Waals surface area contributed by atoms with E-state index in [1.54, 1.807) is 20.8 Å². The van der Waals surface area contributed by atoms with Crippen LogP contribution in [0.2, 0.25) is 0 Å². The van der Waals surface area contributed by atoms with Crippen molar-refractivity contribution >= 4 is 29.8 Å². The number of aliphatic carboxylic acids is 2. The fourth-order valence-corrected chi connectivity index (χ4v) is 2.13. The highest BCUT2D eigenvalue weighted by Crippen LogP contribution is 2.10. The molecule has 0 aliphatic heterocycles. The second-order valence-corrected chi connectivity index (χ2v) is 6.26. The summed E-state index contributed by atoms with van der Waals surface area (Å²) in [4.78, 5) is 32.8. The minimum atomic E-state index is -1.15. The highest BCUT2D eigenvalue weighted by Gasteiger charge is 2.23. The van der Waals surface area contributed by atoms with Crippen LogP contribution in [0.3, 0.4) is 0 Å². The van der Waals surface area contributed by atoms with Gasteiger partial charge in [-0.05, 0) is 32.9 Å². The molecule has 8 heteroatoms. The third-order valence-electron chi connectivity index (χ3n) is 1.95. The lowest BCUT2D eigenvalue weighted by atomic mass is 10.2. The lowest BCUT2D eigenvalue weighted by Crippen LogP contribution is -2.45. The fraction of sp³-hybridized carbons (Fsp3) is 0.750. The first-order chi connectivity index (χ1) is 9.11. The van der Waals surface area contributed by atoms with Crippen molar-refractivity contribution in [3.63, 3.8) is 0 Å². The van der Waals surface area contributed by atoms with E-state index in [9.17, 15) is 14.4 Å². The molecule has 0 aromatic rings. The molecule has 3 N–H and O–H groups in total. The zero-order valence-electron chi connectivity index (χ0n) is 11.8. The Hall–Kier alpha value is -1.44. The number of hydrogen-bond acceptors (Lipinski definition) is 5. The van der Waals surface area contributed by atoms with Crippen molar-refractivity contribution < 1.29 is 29.3 Å². The molecule has 0 saturated carbocycles. The van der Waals surface area contributed by atoms with Crippen molar-refractivity contribution in [1.82, 2.24) is 5.32 Å². The van der Waals surface area contributed by atoms with E-state index in [0.29, 0.717) is 12.2 Å². The summed E-state index contributed by atoms with van der Waals surface area (Å²) in [5.41, 5.74) is -0.693. The first-order valence-corrected chi connectivity index (χ1v) is 7.29. The summed E-state index contributed by atoms with van der Waals surface area (Å²) in [5, 5.41) is 19.7. The van der Waals surface area contributed by atoms with Gasteiger partial charge >= 0.3 is 18.0 Å². The van der Waals surface area contributed by atoms with Gasteiger partial charge in [0.2, 0.25) is 0 Å². The van der Waals surface area contributed by atoms with Crippen LogP contribution in [0.25, 0.3) is 0 Å². The zero-order valence-corrected chi connectivity index (χ0v) is 12.7. The third kappa shape index (κ3) is 10.5. The number of thioether (sulfide) groups is 1. The van der Waals surface area contributed by atoms with Crippen LogP contribution in [0.1, 0.15) is 33.6 Å². The predicted molar refractivity (Wildman–Crippen MR) is 75.0 cm³/mol. The van der Waals surface area contributed by atoms with Gasteiger partial charge in [-0.15, -0.1) is 0 Å². The van der Waals surface area contributed by atoms with Gasteiger partial charge in [0.05, 0.1) is 0 Å². The number of alkyl carbamates (subject to hydrolysis) is 1. The summed E-state index contributed by atoms with van der Waals surface area (Å²) in [5.74, 6) is -1.35. The molecule has 0 aromatic heterocycles. The van der Waals surface area contributed by atoms with E-state index in [-0.39, 0.29) is 12.2 Å². The quantitative estimate of drug-likeness (QED) is 0.583. The van der Waals surface area contributed by atoms with Crippen molar-refractivity contribution in [3.05, 3.63) is 0 Å². The summed E-state index contributed by atoms with van der Waals surface area (Å²) in [6.07, 6.45) is -0.278. The Morgan fingerprint density at radius 1 is 1.25 bits per heavy atom. The van der Waals surface area contributed by atoms with E-state index < -0.39 is 29.7 Å². The molecule has 0 bridgehead atoms. The molecular formula is C12H21NO6S. The Morgan fingerprint density at radius 2 is 1.85 bits per heavy atom. The van der Waals surface area contributed by atoms with Gasteiger partial charge in [-0.25, -0.2) is 9.59 Å². The first-order valence-electron chi connectivity index (χ1n) is 6.13. The minimum absolute atomic E-state index is 0.0459. The number of amides is 1. The minimum Gasteiger partial charge on any atom is -0.481 e. The number of carbonyl (C=O) groups is 3. The van der Waals surface area contributed by atoms with Crippen LogP contribution in [0.4, 0.5) is 4.79 Å². The standard InChI is InChI=1S/C12H21NO6S/c1-12(2,3)19-11(18)13-8(10(16)17)7-20-6-4-5-9(14)15/h8H,4-7H2,1-3H3,(H,13,18)(H,14,15)(H,16,17)/t8-/m1/s1. The maximum absolute atomic E-state index is 11.5. The summed E-state index contributed by atoms with van der Waals surface area (Å²) in [6.45, 7) is 5.05. The lowest BCUT2D eigenvalue weighted by molar-refractivity contribution is -0.139. The van der Waals surface area contributed by atoms with E-state index in [1.807, 2.05) is 0 Å². The number of carboxylic acids is 2. The maximum atomic E-state index is 11.5. The number of hydrogen-bond donors (Lipinski definition) is 3. The summed E-state index contributed by atoms with van der Waals surface area (Å²) in [7, 11) is 0. The molecular weight excluding hydrogens is 286 g/mol. The molecule has 1 amide bonds. The third-order valence-corrected chi connectivity index (χ3v) is 3.10. The maximum Gasteiger partial charge on any atom is 0.408 e. The van der Waals surface area contributed by atoms with Gasteiger partial charge in [-0.1, -0.05) is 0 Å². The van der Waals surface area contributed by atoms with E-state index in [1.165, 1.54) is 11.8 Å². The van der Waals surface area contributed by atoms with Crippen molar-refractivity contribution in [3.8, 4) is 0 Å². The molecule has 0 rings (SSSR count). The molecule has 0 saturated heterocycles. The number of rotatable bonds is 8. The lowest BCUT2D eigenvalue weighted by Gasteiger charge is -2.21. The van der Waals surface area contributed by atoms with E-state index in [2.05, 4.69) is 5.32 Å². The van der Waals surface area contributed by atoms with Gasteiger partial charge < -0.3 is 20.3 Å². The van der Waals surface area contributed by atoms with Crippen LogP contribution in [-0.2, 0) is 14.3 Å². The molecule has 0 heterocycles. The van der Waals surface area contributed by atoms with Crippen LogP contribution in [-0.4, -0.2) is 51.4 Å². The highest BCUT2D eigenvalue weighted by molar-refractivity contribution is 7.99. The molecule has 0 spiro atoms. The fourth-order valence-electron chi connectivity index (χ4n) is 1.15. The highest BCUT2D eigenvalue weighted by atomic mass is 32.2. The topological polar surface area (TPSA) is 113 Å².